The minimum absolute atomic E-state index is 0.0463. The van der Waals surface area contributed by atoms with Gasteiger partial charge in [-0.05, 0) is 37.3 Å². The largest absolute Gasteiger partial charge is 0.495 e. The van der Waals surface area contributed by atoms with Crippen molar-refractivity contribution in [1.82, 2.24) is 14.1 Å². The number of methoxy groups -OCH3 is 2. The molecule has 0 aliphatic carbocycles. The summed E-state index contributed by atoms with van der Waals surface area (Å²) < 4.78 is 12.3. The van der Waals surface area contributed by atoms with E-state index in [2.05, 4.69) is 4.98 Å². The maximum Gasteiger partial charge on any atom is 0.338 e. The van der Waals surface area contributed by atoms with Gasteiger partial charge in [0.05, 0.1) is 30.9 Å². The maximum absolute atomic E-state index is 13.8. The van der Waals surface area contributed by atoms with E-state index in [0.29, 0.717) is 22.8 Å². The lowest BCUT2D eigenvalue weighted by Crippen LogP contribution is -2.44. The standard InChI is InChI=1S/C26H24N4O6/c1-16-14-18(25(33)36-4)22-23(27-16)30(19-12-8-9-13-20(19)35-3)26(34)29(24(22)32)15-21(31)28(2)17-10-6-5-7-11-17/h5-14H,15H2,1-4H3. The number of anilines is 1. The average Bonchev–Trinajstić information content (AvgIpc) is 2.90. The normalized spacial score (nSPS) is 10.8. The van der Waals surface area contributed by atoms with Crippen molar-refractivity contribution in [3.05, 3.63) is 92.8 Å². The lowest BCUT2D eigenvalue weighted by atomic mass is 10.1. The molecule has 10 nitrogen and oxygen atoms in total. The Bertz CT molecular complexity index is 1590. The molecule has 0 spiro atoms. The first-order chi connectivity index (χ1) is 17.3. The lowest BCUT2D eigenvalue weighted by molar-refractivity contribution is -0.119. The van der Waals surface area contributed by atoms with E-state index in [1.165, 1.54) is 29.8 Å². The number of para-hydroxylation sites is 3. The highest BCUT2D eigenvalue weighted by Crippen LogP contribution is 2.25. The minimum Gasteiger partial charge on any atom is -0.495 e. The molecule has 0 N–H and O–H groups in total. The summed E-state index contributed by atoms with van der Waals surface area (Å²) in [5.74, 6) is -0.945. The Morgan fingerprint density at radius 2 is 1.67 bits per heavy atom. The monoisotopic (exact) mass is 488 g/mol. The van der Waals surface area contributed by atoms with Gasteiger partial charge in [-0.15, -0.1) is 0 Å². The van der Waals surface area contributed by atoms with Gasteiger partial charge in [0.1, 0.15) is 12.3 Å². The average molecular weight is 489 g/mol. The van der Waals surface area contributed by atoms with Crippen LogP contribution in [0.25, 0.3) is 16.7 Å². The van der Waals surface area contributed by atoms with Crippen LogP contribution in [-0.4, -0.2) is 47.3 Å². The molecule has 2 heterocycles. The number of ether oxygens (including phenoxy) is 2. The number of pyridine rings is 1. The minimum atomic E-state index is -0.830. The molecule has 0 bridgehead atoms. The van der Waals surface area contributed by atoms with Crippen molar-refractivity contribution in [2.45, 2.75) is 13.5 Å². The maximum atomic E-state index is 13.8. The van der Waals surface area contributed by atoms with Gasteiger partial charge in [-0.25, -0.2) is 23.7 Å². The van der Waals surface area contributed by atoms with Crippen molar-refractivity contribution >= 4 is 28.6 Å². The highest BCUT2D eigenvalue weighted by Gasteiger charge is 2.25. The van der Waals surface area contributed by atoms with Gasteiger partial charge in [-0.1, -0.05) is 30.3 Å². The molecule has 2 aromatic carbocycles. The third-order valence-electron chi connectivity index (χ3n) is 5.76. The van der Waals surface area contributed by atoms with Gasteiger partial charge in [0.25, 0.3) is 5.56 Å². The van der Waals surface area contributed by atoms with Gasteiger partial charge < -0.3 is 14.4 Å². The molecule has 2 aromatic heterocycles. The molecule has 0 saturated carbocycles. The molecule has 0 aliphatic rings. The van der Waals surface area contributed by atoms with Crippen molar-refractivity contribution < 1.29 is 19.1 Å². The van der Waals surface area contributed by atoms with Crippen molar-refractivity contribution in [1.29, 1.82) is 0 Å². The summed E-state index contributed by atoms with van der Waals surface area (Å²) in [5, 5.41) is -0.145. The van der Waals surface area contributed by atoms with E-state index in [-0.39, 0.29) is 16.6 Å². The Kier molecular flexibility index (Phi) is 6.69. The van der Waals surface area contributed by atoms with Crippen LogP contribution in [0, 0.1) is 6.92 Å². The quantitative estimate of drug-likeness (QED) is 0.383. The number of amides is 1. The van der Waals surface area contributed by atoms with Crippen LogP contribution in [0.4, 0.5) is 5.69 Å². The number of hydrogen-bond acceptors (Lipinski definition) is 7. The third kappa shape index (κ3) is 4.24. The summed E-state index contributed by atoms with van der Waals surface area (Å²) in [5.41, 5.74) is -0.468. The van der Waals surface area contributed by atoms with Crippen LogP contribution >= 0.6 is 0 Å². The zero-order valence-electron chi connectivity index (χ0n) is 20.2. The number of fused-ring (bicyclic) bond motifs is 1. The van der Waals surface area contributed by atoms with E-state index in [1.54, 1.807) is 62.5 Å². The SMILES string of the molecule is COC(=O)c1cc(C)nc2c1c(=O)n(CC(=O)N(C)c1ccccc1)c(=O)n2-c1ccccc1OC. The molecule has 0 aliphatic heterocycles. The molecule has 4 rings (SSSR count). The van der Waals surface area contributed by atoms with Crippen LogP contribution in [-0.2, 0) is 16.1 Å². The molecule has 1 amide bonds. The molecule has 184 valence electrons. The fourth-order valence-electron chi connectivity index (χ4n) is 3.94. The number of aryl methyl sites for hydroxylation is 1. The van der Waals surface area contributed by atoms with Crippen LogP contribution in [0.2, 0.25) is 0 Å². The Hall–Kier alpha value is -4.73. The number of likely N-dealkylation sites (N-methyl/N-ethyl adjacent to an activating group) is 1. The zero-order valence-corrected chi connectivity index (χ0v) is 20.2. The number of esters is 1. The molecule has 0 unspecified atom stereocenters. The van der Waals surface area contributed by atoms with Crippen LogP contribution < -0.4 is 20.9 Å². The number of benzene rings is 2. The van der Waals surface area contributed by atoms with E-state index < -0.39 is 29.7 Å². The van der Waals surface area contributed by atoms with Crippen molar-refractivity contribution in [3.8, 4) is 11.4 Å². The van der Waals surface area contributed by atoms with Crippen molar-refractivity contribution in [3.63, 3.8) is 0 Å². The van der Waals surface area contributed by atoms with Gasteiger partial charge in [-0.2, -0.15) is 0 Å². The first kappa shape index (κ1) is 24.4. The van der Waals surface area contributed by atoms with Gasteiger partial charge >= 0.3 is 11.7 Å². The fourth-order valence-corrected chi connectivity index (χ4v) is 3.94. The van der Waals surface area contributed by atoms with E-state index in [4.69, 9.17) is 9.47 Å². The Labute approximate surface area is 205 Å². The smallest absolute Gasteiger partial charge is 0.338 e. The van der Waals surface area contributed by atoms with Crippen LogP contribution in [0.1, 0.15) is 16.1 Å². The van der Waals surface area contributed by atoms with E-state index in [0.717, 1.165) is 4.57 Å². The molecule has 0 saturated heterocycles. The summed E-state index contributed by atoms with van der Waals surface area (Å²) in [6.45, 7) is 1.06. The topological polar surface area (TPSA) is 113 Å². The molecule has 0 fully saturated rings. The van der Waals surface area contributed by atoms with Crippen LogP contribution in [0.3, 0.4) is 0 Å². The highest BCUT2D eigenvalue weighted by molar-refractivity contribution is 6.02. The fraction of sp³-hybridized carbons (Fsp3) is 0.192. The summed E-state index contributed by atoms with van der Waals surface area (Å²) >= 11 is 0. The Morgan fingerprint density at radius 3 is 2.33 bits per heavy atom. The van der Waals surface area contributed by atoms with Gasteiger partial charge in [0.15, 0.2) is 5.65 Å². The molecule has 4 aromatic rings. The van der Waals surface area contributed by atoms with Crippen molar-refractivity contribution in [2.24, 2.45) is 0 Å². The van der Waals surface area contributed by atoms with E-state index in [1.807, 2.05) is 6.07 Å². The molecular weight excluding hydrogens is 464 g/mol. The lowest BCUT2D eigenvalue weighted by Gasteiger charge is -2.20. The van der Waals surface area contributed by atoms with Gasteiger partial charge in [0.2, 0.25) is 5.91 Å². The second-order valence-electron chi connectivity index (χ2n) is 7.97. The molecule has 36 heavy (non-hydrogen) atoms. The van der Waals surface area contributed by atoms with Gasteiger partial charge in [0, 0.05) is 18.4 Å². The first-order valence-corrected chi connectivity index (χ1v) is 11.0. The van der Waals surface area contributed by atoms with E-state index in [9.17, 15) is 19.2 Å². The molecule has 0 radical (unpaired) electrons. The zero-order chi connectivity index (χ0) is 26.0. The number of carbonyl (C=O) groups is 2. The second kappa shape index (κ2) is 9.87. The van der Waals surface area contributed by atoms with Gasteiger partial charge in [-0.3, -0.25) is 9.59 Å². The molecule has 0 atom stereocenters. The number of aromatic nitrogens is 3. The summed E-state index contributed by atoms with van der Waals surface area (Å²) in [6.07, 6.45) is 0. The summed E-state index contributed by atoms with van der Waals surface area (Å²) in [7, 11) is 4.18. The highest BCUT2D eigenvalue weighted by atomic mass is 16.5. The number of rotatable bonds is 6. The van der Waals surface area contributed by atoms with E-state index >= 15 is 0 Å². The summed E-state index contributed by atoms with van der Waals surface area (Å²) in [4.78, 5) is 58.9. The third-order valence-corrected chi connectivity index (χ3v) is 5.76. The van der Waals surface area contributed by atoms with Crippen molar-refractivity contribution in [2.75, 3.05) is 26.2 Å². The predicted octanol–water partition coefficient (Wildman–Crippen LogP) is 2.31. The molecular formula is C26H24N4O6. The first-order valence-electron chi connectivity index (χ1n) is 11.0. The Morgan fingerprint density at radius 1 is 1.00 bits per heavy atom. The van der Waals surface area contributed by atoms with Crippen LogP contribution in [0.5, 0.6) is 5.75 Å². The van der Waals surface area contributed by atoms with Crippen LogP contribution in [0.15, 0.2) is 70.3 Å². The summed E-state index contributed by atoms with van der Waals surface area (Å²) in [6, 6.07) is 16.9. The number of nitrogens with zero attached hydrogens (tertiary/aromatic N) is 4. The second-order valence-corrected chi connectivity index (χ2v) is 7.97. The number of carbonyl (C=O) groups excluding carboxylic acids is 2. The Balaban J connectivity index is 2.05. The number of hydrogen-bond donors (Lipinski definition) is 0. The molecule has 10 heteroatoms. The predicted molar refractivity (Wildman–Crippen MR) is 134 cm³/mol.